The van der Waals surface area contributed by atoms with Gasteiger partial charge in [-0.3, -0.25) is 0 Å². The van der Waals surface area contributed by atoms with Crippen LogP contribution < -0.4 is 9.47 Å². The quantitative estimate of drug-likeness (QED) is 0.204. The predicted molar refractivity (Wildman–Crippen MR) is 168 cm³/mol. The van der Waals surface area contributed by atoms with E-state index >= 15 is 0 Å². The van der Waals surface area contributed by atoms with Crippen LogP contribution in [0, 0.1) is 0 Å². The maximum absolute atomic E-state index is 5.91. The monoisotopic (exact) mass is 518 g/mol. The van der Waals surface area contributed by atoms with Crippen LogP contribution in [-0.4, -0.2) is 14.2 Å². The van der Waals surface area contributed by atoms with E-state index < -0.39 is 0 Å². The van der Waals surface area contributed by atoms with Crippen molar-refractivity contribution in [1.29, 1.82) is 0 Å². The number of hydrogen-bond acceptors (Lipinski definition) is 2. The van der Waals surface area contributed by atoms with Crippen molar-refractivity contribution in [2.45, 2.75) is 12.8 Å². The highest BCUT2D eigenvalue weighted by Crippen LogP contribution is 2.40. The van der Waals surface area contributed by atoms with Crippen LogP contribution in [0.1, 0.15) is 22.3 Å². The second-order valence-electron chi connectivity index (χ2n) is 10.3. The number of fused-ring (bicyclic) bond motifs is 4. The molecule has 0 aliphatic heterocycles. The molecule has 0 fully saturated rings. The number of rotatable bonds is 6. The third-order valence-corrected chi connectivity index (χ3v) is 8.30. The number of methoxy groups -OCH3 is 2. The van der Waals surface area contributed by atoms with Crippen molar-refractivity contribution >= 4 is 43.1 Å². The summed E-state index contributed by atoms with van der Waals surface area (Å²) in [4.78, 5) is 0. The normalized spacial score (nSPS) is 11.4. The van der Waals surface area contributed by atoms with Crippen LogP contribution in [0.15, 0.2) is 121 Å². The Kier molecular flexibility index (Phi) is 6.09. The van der Waals surface area contributed by atoms with Crippen molar-refractivity contribution in [2.75, 3.05) is 14.2 Å². The lowest BCUT2D eigenvalue weighted by Crippen LogP contribution is -2.01. The standard InChI is InChI=1S/C38H30O2/c1-39-37-21-19-25-11-3-5-13-27(25)35(37)23-33-29-15-7-9-17-31(29)34(32-18-10-8-16-30(32)33)24-36-28-14-6-4-12-26(28)20-22-38(36)40-2/h3-22H,23-24H2,1-2H3. The van der Waals surface area contributed by atoms with E-state index in [-0.39, 0.29) is 0 Å². The van der Waals surface area contributed by atoms with Crippen LogP contribution in [0.2, 0.25) is 0 Å². The maximum atomic E-state index is 5.91. The molecule has 0 radical (unpaired) electrons. The first kappa shape index (κ1) is 24.2. The third kappa shape index (κ3) is 3.96. The van der Waals surface area contributed by atoms with E-state index in [1.807, 2.05) is 0 Å². The summed E-state index contributed by atoms with van der Waals surface area (Å²) in [5.41, 5.74) is 5.10. The van der Waals surface area contributed by atoms with Gasteiger partial charge in [-0.15, -0.1) is 0 Å². The molecule has 0 aliphatic carbocycles. The molecular formula is C38H30O2. The topological polar surface area (TPSA) is 18.5 Å². The second kappa shape index (κ2) is 10.1. The van der Waals surface area contributed by atoms with Crippen molar-refractivity contribution < 1.29 is 9.47 Å². The van der Waals surface area contributed by atoms with Gasteiger partial charge in [-0.1, -0.05) is 109 Å². The van der Waals surface area contributed by atoms with Crippen LogP contribution >= 0.6 is 0 Å². The van der Waals surface area contributed by atoms with Gasteiger partial charge >= 0.3 is 0 Å². The Morgan fingerprint density at radius 3 is 1.02 bits per heavy atom. The molecule has 0 amide bonds. The summed E-state index contributed by atoms with van der Waals surface area (Å²) in [5, 5.41) is 10.1. The highest BCUT2D eigenvalue weighted by Gasteiger charge is 2.19. The van der Waals surface area contributed by atoms with Crippen molar-refractivity contribution in [2.24, 2.45) is 0 Å². The van der Waals surface area contributed by atoms with E-state index in [9.17, 15) is 0 Å². The molecule has 0 heterocycles. The average molecular weight is 519 g/mol. The SMILES string of the molecule is COc1ccc2ccccc2c1Cc1c2ccccc2c(Cc2c(OC)ccc3ccccc23)c2ccccc12. The molecule has 0 bridgehead atoms. The van der Waals surface area contributed by atoms with E-state index in [2.05, 4.69) is 121 Å². The van der Waals surface area contributed by atoms with Gasteiger partial charge in [0.1, 0.15) is 11.5 Å². The Morgan fingerprint density at radius 1 is 0.350 bits per heavy atom. The fourth-order valence-corrected chi connectivity index (χ4v) is 6.42. The molecule has 2 heteroatoms. The van der Waals surface area contributed by atoms with Gasteiger partial charge in [0.15, 0.2) is 0 Å². The molecule has 40 heavy (non-hydrogen) atoms. The van der Waals surface area contributed by atoms with E-state index in [1.165, 1.54) is 65.3 Å². The largest absolute Gasteiger partial charge is 0.496 e. The lowest BCUT2D eigenvalue weighted by Gasteiger charge is -2.20. The molecular weight excluding hydrogens is 488 g/mol. The fraction of sp³-hybridized carbons (Fsp3) is 0.105. The minimum Gasteiger partial charge on any atom is -0.496 e. The van der Waals surface area contributed by atoms with Crippen LogP contribution in [0.3, 0.4) is 0 Å². The summed E-state index contributed by atoms with van der Waals surface area (Å²) in [7, 11) is 3.54. The van der Waals surface area contributed by atoms with Gasteiger partial charge in [-0.2, -0.15) is 0 Å². The van der Waals surface area contributed by atoms with E-state index in [0.29, 0.717) is 0 Å². The smallest absolute Gasteiger partial charge is 0.123 e. The zero-order valence-corrected chi connectivity index (χ0v) is 22.8. The fourth-order valence-electron chi connectivity index (χ4n) is 6.42. The van der Waals surface area contributed by atoms with Crippen molar-refractivity contribution in [3.8, 4) is 11.5 Å². The summed E-state index contributed by atoms with van der Waals surface area (Å²) in [6.07, 6.45) is 1.56. The molecule has 0 N–H and O–H groups in total. The summed E-state index contributed by atoms with van der Waals surface area (Å²) in [5.74, 6) is 1.85. The molecule has 7 aromatic rings. The number of hydrogen-bond donors (Lipinski definition) is 0. The van der Waals surface area contributed by atoms with E-state index in [1.54, 1.807) is 14.2 Å². The van der Waals surface area contributed by atoms with Gasteiger partial charge in [-0.05, 0) is 66.3 Å². The van der Waals surface area contributed by atoms with Crippen LogP contribution in [0.5, 0.6) is 11.5 Å². The van der Waals surface area contributed by atoms with Crippen molar-refractivity contribution in [1.82, 2.24) is 0 Å². The third-order valence-electron chi connectivity index (χ3n) is 8.30. The highest BCUT2D eigenvalue weighted by atomic mass is 16.5. The second-order valence-corrected chi connectivity index (χ2v) is 10.3. The minimum atomic E-state index is 0.781. The lowest BCUT2D eigenvalue weighted by atomic mass is 9.85. The highest BCUT2D eigenvalue weighted by molar-refractivity contribution is 6.07. The Morgan fingerprint density at radius 2 is 0.675 bits per heavy atom. The molecule has 0 spiro atoms. The molecule has 2 nitrogen and oxygen atoms in total. The summed E-state index contributed by atoms with van der Waals surface area (Å²) >= 11 is 0. The van der Waals surface area contributed by atoms with Crippen LogP contribution in [0.25, 0.3) is 43.1 Å². The summed E-state index contributed by atoms with van der Waals surface area (Å²) in [6, 6.07) is 43.4. The van der Waals surface area contributed by atoms with Gasteiger partial charge < -0.3 is 9.47 Å². The molecule has 0 saturated carbocycles. The van der Waals surface area contributed by atoms with Gasteiger partial charge in [0.05, 0.1) is 14.2 Å². The molecule has 0 aliphatic rings. The molecule has 7 rings (SSSR count). The Balaban J connectivity index is 1.50. The van der Waals surface area contributed by atoms with E-state index in [4.69, 9.17) is 9.47 Å². The first-order valence-corrected chi connectivity index (χ1v) is 13.8. The van der Waals surface area contributed by atoms with Crippen molar-refractivity contribution in [3.63, 3.8) is 0 Å². The summed E-state index contributed by atoms with van der Waals surface area (Å²) in [6.45, 7) is 0. The van der Waals surface area contributed by atoms with Gasteiger partial charge in [-0.25, -0.2) is 0 Å². The first-order valence-electron chi connectivity index (χ1n) is 13.8. The van der Waals surface area contributed by atoms with Gasteiger partial charge in [0.25, 0.3) is 0 Å². The maximum Gasteiger partial charge on any atom is 0.123 e. The number of ether oxygens (including phenoxy) is 2. The molecule has 194 valence electrons. The molecule has 0 atom stereocenters. The first-order chi connectivity index (χ1) is 19.8. The Hall–Kier alpha value is -4.82. The predicted octanol–water partition coefficient (Wildman–Crippen LogP) is 9.50. The van der Waals surface area contributed by atoms with Crippen LogP contribution in [-0.2, 0) is 12.8 Å². The van der Waals surface area contributed by atoms with Gasteiger partial charge in [0, 0.05) is 24.0 Å². The molecule has 7 aromatic carbocycles. The zero-order valence-electron chi connectivity index (χ0n) is 22.8. The zero-order chi connectivity index (χ0) is 27.1. The van der Waals surface area contributed by atoms with Crippen LogP contribution in [0.4, 0.5) is 0 Å². The van der Waals surface area contributed by atoms with Crippen molar-refractivity contribution in [3.05, 3.63) is 144 Å². The Bertz CT molecular complexity index is 1830. The molecule has 0 saturated heterocycles. The molecule has 0 unspecified atom stereocenters. The average Bonchev–Trinajstić information content (AvgIpc) is 3.02. The summed E-state index contributed by atoms with van der Waals surface area (Å²) < 4.78 is 11.8. The lowest BCUT2D eigenvalue weighted by molar-refractivity contribution is 0.411. The van der Waals surface area contributed by atoms with Gasteiger partial charge in [0.2, 0.25) is 0 Å². The minimum absolute atomic E-state index is 0.781. The Labute approximate surface area is 234 Å². The number of benzene rings is 7. The molecule has 0 aromatic heterocycles. The van der Waals surface area contributed by atoms with E-state index in [0.717, 1.165) is 24.3 Å².